The number of hydrogen-bond donors (Lipinski definition) is 2. The normalized spacial score (nSPS) is 15.4. The molecular formula is C54H53Cl3F6N14O. The molecule has 2 N–H and O–H groups in total. The number of nitrogens with zero attached hydrogens (tertiary/aromatic N) is 12. The molecule has 0 bridgehead atoms. The summed E-state index contributed by atoms with van der Waals surface area (Å²) in [5.74, 6) is -2.49. The topological polar surface area (TPSA) is 164 Å². The molecule has 3 aromatic carbocycles. The Balaban J connectivity index is 0.000000127. The SMILES string of the molecule is C1CCOC1.CC(C)(C)Nc1nc(Cl)ncc1-c1nc2cc(F)c(F)cc2n1C1CC1.CC(C)(C)Nc1ncncc1-c1nc2cc(F)c(F)cc2n1C1CC1.Fc1cc2nc(-c3cnc(Cl)nc3Cl)n(C3CC3)c2cc1F. The van der Waals surface area contributed by atoms with Crippen molar-refractivity contribution < 1.29 is 31.1 Å². The smallest absolute Gasteiger partial charge is 0.224 e. The molecule has 4 aliphatic rings. The van der Waals surface area contributed by atoms with Gasteiger partial charge in [0, 0.05) is 97.4 Å². The summed E-state index contributed by atoms with van der Waals surface area (Å²) in [6.45, 7) is 14.1. The minimum absolute atomic E-state index is 0.0277. The van der Waals surface area contributed by atoms with Crippen LogP contribution in [0.5, 0.6) is 0 Å². The van der Waals surface area contributed by atoms with Crippen LogP contribution in [0.1, 0.15) is 111 Å². The van der Waals surface area contributed by atoms with Gasteiger partial charge in [-0.3, -0.25) is 0 Å². The highest BCUT2D eigenvalue weighted by atomic mass is 35.5. The highest BCUT2D eigenvalue weighted by molar-refractivity contribution is 6.33. The van der Waals surface area contributed by atoms with Crippen molar-refractivity contribution >= 4 is 79.5 Å². The standard InChI is InChI=1S/C18H18ClF2N5.C18H19F2N5.C14H8Cl2F2N4.C4H8O/c1-18(2,3)25-15-10(8-22-17(19)24-15)16-23-13-6-11(20)12(21)7-14(13)26(16)9-4-5-9;1-18(2,3)24-16-11(8-21-9-22-16)17-23-14-6-12(19)13(20)7-15(14)25(17)10-4-5-10;15-12-7(5-19-14(16)21-12)13-20-10-3-8(17)9(18)4-11(10)22(13)6-1-2-6;1-2-4-5-3-1/h6-9H,4-5H2,1-3H3,(H,22,24,25);6-10H,4-5H2,1-3H3,(H,21,22,24);3-6H,1-2H2;1-4H2. The molecule has 408 valence electrons. The van der Waals surface area contributed by atoms with E-state index in [4.69, 9.17) is 39.5 Å². The zero-order valence-electron chi connectivity index (χ0n) is 43.3. The Morgan fingerprint density at radius 2 is 0.846 bits per heavy atom. The zero-order valence-corrected chi connectivity index (χ0v) is 45.5. The molecule has 3 saturated carbocycles. The zero-order chi connectivity index (χ0) is 55.4. The van der Waals surface area contributed by atoms with Crippen LogP contribution >= 0.6 is 34.8 Å². The number of halogens is 9. The first-order valence-corrected chi connectivity index (χ1v) is 26.5. The molecule has 15 nitrogen and oxygen atoms in total. The lowest BCUT2D eigenvalue weighted by Gasteiger charge is -2.23. The molecule has 3 aliphatic carbocycles. The molecule has 0 atom stereocenters. The second-order valence-electron chi connectivity index (χ2n) is 21.5. The Morgan fingerprint density at radius 3 is 1.23 bits per heavy atom. The Kier molecular flexibility index (Phi) is 15.3. The van der Waals surface area contributed by atoms with E-state index in [1.807, 2.05) is 55.2 Å². The van der Waals surface area contributed by atoms with Crippen molar-refractivity contribution in [3.63, 3.8) is 0 Å². The van der Waals surface area contributed by atoms with Crippen molar-refractivity contribution in [3.8, 4) is 34.2 Å². The Bertz CT molecular complexity index is 3700. The van der Waals surface area contributed by atoms with Gasteiger partial charge in [-0.2, -0.15) is 0 Å². The summed E-state index contributed by atoms with van der Waals surface area (Å²) in [6.07, 6.45) is 14.6. The number of aromatic nitrogens is 12. The van der Waals surface area contributed by atoms with Crippen LogP contribution in [0.25, 0.3) is 67.3 Å². The van der Waals surface area contributed by atoms with E-state index in [1.165, 1.54) is 37.5 Å². The molecule has 0 radical (unpaired) electrons. The van der Waals surface area contributed by atoms with Gasteiger partial charge in [0.1, 0.15) is 40.6 Å². The van der Waals surface area contributed by atoms with Gasteiger partial charge in [-0.05, 0) is 116 Å². The maximum atomic E-state index is 13.8. The average molecular weight is 1130 g/mol. The van der Waals surface area contributed by atoms with Crippen LogP contribution in [0, 0.1) is 34.9 Å². The summed E-state index contributed by atoms with van der Waals surface area (Å²) in [5, 5.41) is 6.95. The maximum Gasteiger partial charge on any atom is 0.224 e. The molecule has 4 fully saturated rings. The molecule has 78 heavy (non-hydrogen) atoms. The third-order valence-corrected chi connectivity index (χ3v) is 13.3. The maximum absolute atomic E-state index is 13.8. The molecule has 24 heteroatoms. The number of hydrogen-bond acceptors (Lipinski definition) is 12. The highest BCUT2D eigenvalue weighted by Gasteiger charge is 2.34. The summed E-state index contributed by atoms with van der Waals surface area (Å²) < 4.78 is 92.7. The van der Waals surface area contributed by atoms with Crippen LogP contribution in [0.3, 0.4) is 0 Å². The number of anilines is 2. The van der Waals surface area contributed by atoms with Crippen LogP contribution in [0.15, 0.2) is 61.3 Å². The van der Waals surface area contributed by atoms with Gasteiger partial charge in [-0.25, -0.2) is 71.2 Å². The number of benzene rings is 3. The lowest BCUT2D eigenvalue weighted by Crippen LogP contribution is -2.27. The lowest BCUT2D eigenvalue weighted by molar-refractivity contribution is 0.198. The van der Waals surface area contributed by atoms with Gasteiger partial charge in [0.15, 0.2) is 34.9 Å². The predicted molar refractivity (Wildman–Crippen MR) is 289 cm³/mol. The quantitative estimate of drug-likeness (QED) is 0.0842. The van der Waals surface area contributed by atoms with Gasteiger partial charge in [0.25, 0.3) is 0 Å². The summed E-state index contributed by atoms with van der Waals surface area (Å²) in [5.41, 5.74) is 4.30. The molecule has 0 unspecified atom stereocenters. The second kappa shape index (κ2) is 21.9. The Labute approximate surface area is 459 Å². The van der Waals surface area contributed by atoms with E-state index >= 15 is 0 Å². The van der Waals surface area contributed by atoms with Crippen LogP contribution in [-0.2, 0) is 4.74 Å². The van der Waals surface area contributed by atoms with Crippen molar-refractivity contribution in [2.75, 3.05) is 23.8 Å². The fourth-order valence-electron chi connectivity index (χ4n) is 8.87. The third kappa shape index (κ3) is 12.3. The first kappa shape index (κ1) is 54.7. The van der Waals surface area contributed by atoms with E-state index in [1.54, 1.807) is 12.4 Å². The van der Waals surface area contributed by atoms with E-state index in [0.717, 1.165) is 81.6 Å². The monoisotopic (exact) mass is 1130 g/mol. The van der Waals surface area contributed by atoms with E-state index < -0.39 is 34.9 Å². The average Bonchev–Trinajstić information content (AvgIpc) is 4.42. The summed E-state index contributed by atoms with van der Waals surface area (Å²) in [7, 11) is 0. The molecular weight excluding hydrogens is 1080 g/mol. The largest absolute Gasteiger partial charge is 0.381 e. The fraction of sp³-hybridized carbons (Fsp3) is 0.389. The van der Waals surface area contributed by atoms with E-state index in [0.29, 0.717) is 73.3 Å². The van der Waals surface area contributed by atoms with Gasteiger partial charge in [0.05, 0.1) is 49.8 Å². The Hall–Kier alpha value is -6.68. The Morgan fingerprint density at radius 1 is 0.474 bits per heavy atom. The van der Waals surface area contributed by atoms with Crippen LogP contribution in [0.2, 0.25) is 15.7 Å². The van der Waals surface area contributed by atoms with E-state index in [2.05, 4.69) is 55.5 Å². The van der Waals surface area contributed by atoms with Crippen molar-refractivity contribution in [3.05, 3.63) is 112 Å². The third-order valence-electron chi connectivity index (χ3n) is 12.7. The first-order chi connectivity index (χ1) is 37.1. The summed E-state index contributed by atoms with van der Waals surface area (Å²) >= 11 is 17.8. The molecule has 0 spiro atoms. The number of ether oxygens (including phenoxy) is 1. The summed E-state index contributed by atoms with van der Waals surface area (Å²) in [4.78, 5) is 38.2. The second-order valence-corrected chi connectivity index (χ2v) is 22.5. The number of imidazole rings is 3. The van der Waals surface area contributed by atoms with Crippen molar-refractivity contribution in [1.29, 1.82) is 0 Å². The van der Waals surface area contributed by atoms with Gasteiger partial charge in [0.2, 0.25) is 10.6 Å². The lowest BCUT2D eigenvalue weighted by atomic mass is 10.1. The highest BCUT2D eigenvalue weighted by Crippen LogP contribution is 2.45. The molecule has 13 rings (SSSR count). The number of nitrogens with one attached hydrogen (secondary N) is 2. The van der Waals surface area contributed by atoms with E-state index in [-0.39, 0.29) is 44.9 Å². The van der Waals surface area contributed by atoms with Crippen molar-refractivity contribution in [1.82, 2.24) is 58.6 Å². The minimum atomic E-state index is -0.932. The van der Waals surface area contributed by atoms with E-state index in [9.17, 15) is 26.3 Å². The fourth-order valence-corrected chi connectivity index (χ4v) is 9.40. The minimum Gasteiger partial charge on any atom is -0.381 e. The molecule has 6 aromatic heterocycles. The van der Waals surface area contributed by atoms with Crippen molar-refractivity contribution in [2.45, 2.75) is 122 Å². The van der Waals surface area contributed by atoms with Gasteiger partial charge < -0.3 is 29.1 Å². The first-order valence-electron chi connectivity index (χ1n) is 25.4. The van der Waals surface area contributed by atoms with Gasteiger partial charge in [-0.1, -0.05) is 11.6 Å². The molecule has 1 saturated heterocycles. The molecule has 0 amide bonds. The molecule has 7 heterocycles. The molecule has 9 aromatic rings. The molecule has 1 aliphatic heterocycles. The van der Waals surface area contributed by atoms with Crippen LogP contribution < -0.4 is 10.6 Å². The number of fused-ring (bicyclic) bond motifs is 3. The summed E-state index contributed by atoms with van der Waals surface area (Å²) in [6, 6.07) is 7.57. The van der Waals surface area contributed by atoms with Crippen LogP contribution in [-0.4, -0.2) is 82.8 Å². The van der Waals surface area contributed by atoms with Crippen LogP contribution in [0.4, 0.5) is 38.0 Å². The number of rotatable bonds is 8. The predicted octanol–water partition coefficient (Wildman–Crippen LogP) is 14.5. The van der Waals surface area contributed by atoms with Crippen molar-refractivity contribution in [2.24, 2.45) is 0 Å². The van der Waals surface area contributed by atoms with Gasteiger partial charge >= 0.3 is 0 Å². The van der Waals surface area contributed by atoms with Gasteiger partial charge in [-0.15, -0.1) is 0 Å².